The molecule has 0 heterocycles. The molecular formula is C11H20O2. The minimum absolute atomic E-state index is 0.0416. The van der Waals surface area contributed by atoms with Crippen LogP contribution in [-0.2, 0) is 4.74 Å². The molecule has 1 N–H and O–H groups in total. The summed E-state index contributed by atoms with van der Waals surface area (Å²) in [6.07, 6.45) is 5.76. The van der Waals surface area contributed by atoms with Crippen LogP contribution >= 0.6 is 0 Å². The van der Waals surface area contributed by atoms with Crippen LogP contribution in [0, 0.1) is 0 Å². The van der Waals surface area contributed by atoms with Gasteiger partial charge in [-0.2, -0.15) is 0 Å². The molecule has 2 atom stereocenters. The van der Waals surface area contributed by atoms with Crippen molar-refractivity contribution in [2.75, 3.05) is 6.61 Å². The number of rotatable bonds is 3. The summed E-state index contributed by atoms with van der Waals surface area (Å²) >= 11 is 0. The lowest BCUT2D eigenvalue weighted by Gasteiger charge is -2.29. The molecule has 1 rings (SSSR count). The van der Waals surface area contributed by atoms with Crippen molar-refractivity contribution in [2.24, 2.45) is 0 Å². The fraction of sp³-hybridized carbons (Fsp3) is 0.818. The molecule has 0 aromatic heterocycles. The second-order valence-corrected chi connectivity index (χ2v) is 3.67. The fourth-order valence-electron chi connectivity index (χ4n) is 1.72. The van der Waals surface area contributed by atoms with Crippen LogP contribution in [0.2, 0.25) is 0 Å². The average Bonchev–Trinajstić information content (AvgIpc) is 2.17. The van der Waals surface area contributed by atoms with E-state index in [-0.39, 0.29) is 12.2 Å². The molecule has 1 saturated carbocycles. The maximum atomic E-state index is 9.66. The molecule has 0 aromatic carbocycles. The van der Waals surface area contributed by atoms with Crippen molar-refractivity contribution in [1.29, 1.82) is 0 Å². The van der Waals surface area contributed by atoms with Gasteiger partial charge in [-0.05, 0) is 32.6 Å². The minimum atomic E-state index is -0.254. The molecule has 1 aliphatic carbocycles. The molecule has 2 nitrogen and oxygen atoms in total. The third-order valence-electron chi connectivity index (χ3n) is 2.60. The second-order valence-electron chi connectivity index (χ2n) is 3.67. The highest BCUT2D eigenvalue weighted by Gasteiger charge is 2.25. The molecular weight excluding hydrogens is 164 g/mol. The van der Waals surface area contributed by atoms with E-state index in [0.717, 1.165) is 32.3 Å². The monoisotopic (exact) mass is 184 g/mol. The lowest BCUT2D eigenvalue weighted by Crippen LogP contribution is -2.33. The first-order valence-electron chi connectivity index (χ1n) is 5.21. The zero-order chi connectivity index (χ0) is 9.68. The second kappa shape index (κ2) is 5.40. The van der Waals surface area contributed by atoms with Crippen molar-refractivity contribution in [1.82, 2.24) is 0 Å². The summed E-state index contributed by atoms with van der Waals surface area (Å²) in [5.74, 6) is 0. The van der Waals surface area contributed by atoms with E-state index < -0.39 is 0 Å². The van der Waals surface area contributed by atoms with Crippen molar-refractivity contribution in [3.8, 4) is 0 Å². The van der Waals surface area contributed by atoms with Crippen LogP contribution in [0.15, 0.2) is 11.6 Å². The summed E-state index contributed by atoms with van der Waals surface area (Å²) in [4.78, 5) is 0. The molecule has 0 spiro atoms. The van der Waals surface area contributed by atoms with Gasteiger partial charge >= 0.3 is 0 Å². The largest absolute Gasteiger partial charge is 0.390 e. The van der Waals surface area contributed by atoms with Crippen molar-refractivity contribution in [2.45, 2.75) is 51.7 Å². The summed E-state index contributed by atoms with van der Waals surface area (Å²) < 4.78 is 5.59. The summed E-state index contributed by atoms with van der Waals surface area (Å²) in [6, 6.07) is 0. The molecule has 13 heavy (non-hydrogen) atoms. The maximum Gasteiger partial charge on any atom is 0.0870 e. The molecule has 0 bridgehead atoms. The van der Waals surface area contributed by atoms with E-state index >= 15 is 0 Å². The normalized spacial score (nSPS) is 32.4. The van der Waals surface area contributed by atoms with Crippen LogP contribution in [0.1, 0.15) is 39.5 Å². The fourth-order valence-corrected chi connectivity index (χ4v) is 1.72. The summed E-state index contributed by atoms with van der Waals surface area (Å²) in [6.45, 7) is 4.91. The van der Waals surface area contributed by atoms with E-state index in [1.54, 1.807) is 0 Å². The van der Waals surface area contributed by atoms with Crippen LogP contribution in [0.3, 0.4) is 0 Å². The van der Waals surface area contributed by atoms with E-state index in [4.69, 9.17) is 4.74 Å². The van der Waals surface area contributed by atoms with E-state index in [2.05, 4.69) is 19.9 Å². The number of aliphatic hydroxyl groups excluding tert-OH is 1. The molecule has 0 saturated heterocycles. The van der Waals surface area contributed by atoms with Crippen LogP contribution in [0.5, 0.6) is 0 Å². The lowest BCUT2D eigenvalue weighted by molar-refractivity contribution is -0.0481. The number of hydrogen-bond donors (Lipinski definition) is 1. The van der Waals surface area contributed by atoms with Crippen LogP contribution < -0.4 is 0 Å². The Balaban J connectivity index is 2.40. The highest BCUT2D eigenvalue weighted by molar-refractivity contribution is 5.07. The number of allylic oxidation sites excluding steroid dienone is 1. The van der Waals surface area contributed by atoms with Crippen LogP contribution in [0.4, 0.5) is 0 Å². The quantitative estimate of drug-likeness (QED) is 0.682. The van der Waals surface area contributed by atoms with Crippen molar-refractivity contribution < 1.29 is 9.84 Å². The molecule has 0 aliphatic heterocycles. The molecule has 76 valence electrons. The molecule has 0 radical (unpaired) electrons. The van der Waals surface area contributed by atoms with Crippen molar-refractivity contribution in [3.05, 3.63) is 11.6 Å². The van der Waals surface area contributed by atoms with Gasteiger partial charge < -0.3 is 9.84 Å². The molecule has 1 aliphatic rings. The minimum Gasteiger partial charge on any atom is -0.390 e. The highest BCUT2D eigenvalue weighted by Crippen LogP contribution is 2.25. The Morgan fingerprint density at radius 2 is 2.38 bits per heavy atom. The van der Waals surface area contributed by atoms with Gasteiger partial charge in [0.1, 0.15) is 0 Å². The Morgan fingerprint density at radius 1 is 1.62 bits per heavy atom. The number of ether oxygens (including phenoxy) is 1. The van der Waals surface area contributed by atoms with E-state index in [1.807, 2.05) is 0 Å². The van der Waals surface area contributed by atoms with Crippen molar-refractivity contribution >= 4 is 0 Å². The lowest BCUT2D eigenvalue weighted by atomic mass is 9.90. The average molecular weight is 184 g/mol. The predicted octanol–water partition coefficient (Wildman–Crippen LogP) is 2.27. The van der Waals surface area contributed by atoms with Gasteiger partial charge in [0.25, 0.3) is 0 Å². The third-order valence-corrected chi connectivity index (χ3v) is 2.60. The first-order valence-corrected chi connectivity index (χ1v) is 5.21. The zero-order valence-corrected chi connectivity index (χ0v) is 8.62. The van der Waals surface area contributed by atoms with Gasteiger partial charge in [0.05, 0.1) is 12.2 Å². The summed E-state index contributed by atoms with van der Waals surface area (Å²) in [7, 11) is 0. The van der Waals surface area contributed by atoms with E-state index in [9.17, 15) is 5.11 Å². The maximum absolute atomic E-state index is 9.66. The van der Waals surface area contributed by atoms with Crippen LogP contribution in [0.25, 0.3) is 0 Å². The zero-order valence-electron chi connectivity index (χ0n) is 8.62. The molecule has 2 unspecified atom stereocenters. The Bertz CT molecular complexity index is 175. The van der Waals surface area contributed by atoms with Gasteiger partial charge in [-0.3, -0.25) is 0 Å². The smallest absolute Gasteiger partial charge is 0.0870 e. The van der Waals surface area contributed by atoms with Crippen molar-refractivity contribution in [3.63, 3.8) is 0 Å². The van der Waals surface area contributed by atoms with Gasteiger partial charge in [-0.15, -0.1) is 0 Å². The first kappa shape index (κ1) is 10.7. The molecule has 2 heteroatoms. The van der Waals surface area contributed by atoms with Gasteiger partial charge in [-0.25, -0.2) is 0 Å². The number of aliphatic hydroxyl groups is 1. The summed E-state index contributed by atoms with van der Waals surface area (Å²) in [5, 5.41) is 9.66. The van der Waals surface area contributed by atoms with E-state index in [1.165, 1.54) is 5.57 Å². The van der Waals surface area contributed by atoms with Gasteiger partial charge in [0.2, 0.25) is 0 Å². The SMILES string of the molecule is C/C=C1\CCC(O)C(OCCC)C1. The molecule has 0 aromatic rings. The number of hydrogen-bond acceptors (Lipinski definition) is 2. The third kappa shape index (κ3) is 3.12. The Kier molecular flexibility index (Phi) is 4.46. The molecule has 1 fully saturated rings. The van der Waals surface area contributed by atoms with Gasteiger partial charge in [0, 0.05) is 6.61 Å². The molecule has 0 amide bonds. The Labute approximate surface area is 80.6 Å². The van der Waals surface area contributed by atoms with Gasteiger partial charge in [0.15, 0.2) is 0 Å². The first-order chi connectivity index (χ1) is 6.27. The van der Waals surface area contributed by atoms with E-state index in [0.29, 0.717) is 0 Å². The topological polar surface area (TPSA) is 29.5 Å². The highest BCUT2D eigenvalue weighted by atomic mass is 16.5. The summed E-state index contributed by atoms with van der Waals surface area (Å²) in [5.41, 5.74) is 1.42. The van der Waals surface area contributed by atoms with Crippen LogP contribution in [-0.4, -0.2) is 23.9 Å². The van der Waals surface area contributed by atoms with Gasteiger partial charge in [-0.1, -0.05) is 18.6 Å². The standard InChI is InChI=1S/C11H20O2/c1-3-7-13-11-8-9(4-2)5-6-10(11)12/h4,10-12H,3,5-8H2,1-2H3/b9-4+. The Morgan fingerprint density at radius 3 is 3.00 bits per heavy atom. The predicted molar refractivity (Wildman–Crippen MR) is 53.6 cm³/mol. The Hall–Kier alpha value is -0.340.